The van der Waals surface area contributed by atoms with Crippen molar-refractivity contribution in [2.24, 2.45) is 0 Å². The molecule has 0 unspecified atom stereocenters. The lowest BCUT2D eigenvalue weighted by Crippen LogP contribution is -2.00. The van der Waals surface area contributed by atoms with Crippen molar-refractivity contribution in [2.45, 2.75) is 25.9 Å². The van der Waals surface area contributed by atoms with Crippen LogP contribution >= 0.6 is 11.6 Å². The maximum atomic E-state index is 5.96. The van der Waals surface area contributed by atoms with Crippen molar-refractivity contribution in [1.82, 2.24) is 9.97 Å². The number of fused-ring (bicyclic) bond motifs is 1. The molecule has 3 rings (SSSR count). The van der Waals surface area contributed by atoms with Gasteiger partial charge in [-0.3, -0.25) is 0 Å². The van der Waals surface area contributed by atoms with Gasteiger partial charge in [-0.1, -0.05) is 18.2 Å². The monoisotopic (exact) mass is 260 g/mol. The molecule has 0 atom stereocenters. The fourth-order valence-electron chi connectivity index (χ4n) is 1.86. The number of pyridine rings is 2. The molecule has 0 bridgehead atoms. The molecule has 0 spiro atoms. The predicted octanol–water partition coefficient (Wildman–Crippen LogP) is 3.86. The lowest BCUT2D eigenvalue weighted by atomic mass is 10.0. The molecule has 0 aliphatic heterocycles. The lowest BCUT2D eigenvalue weighted by molar-refractivity contribution is 0.295. The van der Waals surface area contributed by atoms with E-state index in [4.69, 9.17) is 16.3 Å². The molecule has 0 saturated heterocycles. The average molecular weight is 261 g/mol. The minimum absolute atomic E-state index is 0.312. The summed E-state index contributed by atoms with van der Waals surface area (Å²) in [5.74, 6) is 0.640. The summed E-state index contributed by atoms with van der Waals surface area (Å²) in [4.78, 5) is 8.48. The van der Waals surface area contributed by atoms with E-state index < -0.39 is 0 Å². The topological polar surface area (TPSA) is 35.0 Å². The molecule has 2 aromatic heterocycles. The maximum absolute atomic E-state index is 5.96. The number of nitrogens with zero attached hydrogens (tertiary/aromatic N) is 2. The van der Waals surface area contributed by atoms with Gasteiger partial charge in [-0.25, -0.2) is 9.97 Å². The van der Waals surface area contributed by atoms with Crippen LogP contribution in [0.4, 0.5) is 0 Å². The maximum Gasteiger partial charge on any atom is 0.223 e. The van der Waals surface area contributed by atoms with Crippen LogP contribution in [0.25, 0.3) is 16.3 Å². The fraction of sp³-hybridized carbons (Fsp3) is 0.286. The Morgan fingerprint density at radius 2 is 2.11 bits per heavy atom. The first-order valence-corrected chi connectivity index (χ1v) is 6.30. The van der Waals surface area contributed by atoms with E-state index in [-0.39, 0.29) is 0 Å². The lowest BCUT2D eigenvalue weighted by Gasteiger charge is -2.10. The van der Waals surface area contributed by atoms with E-state index in [1.54, 1.807) is 12.4 Å². The highest BCUT2D eigenvalue weighted by Crippen LogP contribution is 2.33. The average Bonchev–Trinajstić information content (AvgIpc) is 3.12. The second-order valence-corrected chi connectivity index (χ2v) is 5.01. The van der Waals surface area contributed by atoms with Crippen LogP contribution in [0.15, 0.2) is 25.0 Å². The molecule has 0 radical (unpaired) electrons. The van der Waals surface area contributed by atoms with Gasteiger partial charge in [0.1, 0.15) is 11.3 Å². The highest BCUT2D eigenvalue weighted by atomic mass is 35.5. The molecule has 4 heteroatoms. The Morgan fingerprint density at radius 3 is 2.78 bits per heavy atom. The Kier molecular flexibility index (Phi) is 2.71. The van der Waals surface area contributed by atoms with E-state index in [2.05, 4.69) is 16.5 Å². The Hall–Kier alpha value is -1.61. The highest BCUT2D eigenvalue weighted by molar-refractivity contribution is 6.30. The number of hydrogen-bond donors (Lipinski definition) is 0. The van der Waals surface area contributed by atoms with Gasteiger partial charge < -0.3 is 4.74 Å². The van der Waals surface area contributed by atoms with Gasteiger partial charge in [0.15, 0.2) is 0 Å². The SMILES string of the molecule is C=C(C)c1cnc(OC2CC2)c2cnc(Cl)cc12. The standard InChI is InChI=1S/C14H13ClN2O/c1-8(2)11-6-17-14(18-9-3-4-9)12-7-16-13(15)5-10(11)12/h5-7,9H,1,3-4H2,2H3. The predicted molar refractivity (Wildman–Crippen MR) is 72.9 cm³/mol. The molecule has 3 nitrogen and oxygen atoms in total. The van der Waals surface area contributed by atoms with Crippen molar-refractivity contribution in [3.63, 3.8) is 0 Å². The van der Waals surface area contributed by atoms with E-state index in [0.717, 1.165) is 34.8 Å². The smallest absolute Gasteiger partial charge is 0.223 e. The highest BCUT2D eigenvalue weighted by Gasteiger charge is 2.25. The third kappa shape index (κ3) is 2.06. The molecular formula is C14H13ClN2O. The second-order valence-electron chi connectivity index (χ2n) is 4.63. The number of ether oxygens (including phenoxy) is 1. The Morgan fingerprint density at radius 1 is 1.33 bits per heavy atom. The van der Waals surface area contributed by atoms with E-state index >= 15 is 0 Å². The molecular weight excluding hydrogens is 248 g/mol. The van der Waals surface area contributed by atoms with Gasteiger partial charge in [-0.15, -0.1) is 0 Å². The molecule has 1 fully saturated rings. The van der Waals surface area contributed by atoms with Crippen LogP contribution in [0, 0.1) is 0 Å². The number of hydrogen-bond acceptors (Lipinski definition) is 3. The number of aromatic nitrogens is 2. The minimum atomic E-state index is 0.312. The zero-order chi connectivity index (χ0) is 12.7. The zero-order valence-electron chi connectivity index (χ0n) is 10.1. The third-order valence-electron chi connectivity index (χ3n) is 2.96. The second kappa shape index (κ2) is 4.25. The summed E-state index contributed by atoms with van der Waals surface area (Å²) < 4.78 is 5.79. The van der Waals surface area contributed by atoms with Crippen LogP contribution in [-0.2, 0) is 0 Å². The summed E-state index contributed by atoms with van der Waals surface area (Å²) in [5, 5.41) is 2.36. The first-order chi connectivity index (χ1) is 8.65. The zero-order valence-corrected chi connectivity index (χ0v) is 10.9. The van der Waals surface area contributed by atoms with Gasteiger partial charge in [-0.2, -0.15) is 0 Å². The number of halogens is 1. The molecule has 0 N–H and O–H groups in total. The summed E-state index contributed by atoms with van der Waals surface area (Å²) >= 11 is 5.96. The first-order valence-electron chi connectivity index (χ1n) is 5.92. The molecule has 1 aliphatic carbocycles. The van der Waals surface area contributed by atoms with E-state index in [9.17, 15) is 0 Å². The molecule has 2 aromatic rings. The summed E-state index contributed by atoms with van der Waals surface area (Å²) in [6.45, 7) is 5.91. The summed E-state index contributed by atoms with van der Waals surface area (Å²) in [6.07, 6.45) is 6.03. The van der Waals surface area contributed by atoms with Crippen molar-refractivity contribution < 1.29 is 4.74 Å². The fourth-order valence-corrected chi connectivity index (χ4v) is 2.02. The largest absolute Gasteiger partial charge is 0.474 e. The molecule has 0 aromatic carbocycles. The van der Waals surface area contributed by atoms with Gasteiger partial charge in [-0.05, 0) is 31.4 Å². The number of rotatable bonds is 3. The van der Waals surface area contributed by atoms with Gasteiger partial charge in [0, 0.05) is 23.3 Å². The normalized spacial score (nSPS) is 14.8. The van der Waals surface area contributed by atoms with Crippen molar-refractivity contribution in [1.29, 1.82) is 0 Å². The summed E-state index contributed by atoms with van der Waals surface area (Å²) in [6, 6.07) is 1.84. The van der Waals surface area contributed by atoms with E-state index in [0.29, 0.717) is 17.1 Å². The van der Waals surface area contributed by atoms with Crippen molar-refractivity contribution in [3.05, 3.63) is 35.8 Å². The molecule has 1 aliphatic rings. The number of allylic oxidation sites excluding steroid dienone is 1. The quantitative estimate of drug-likeness (QED) is 0.786. The summed E-state index contributed by atoms with van der Waals surface area (Å²) in [5.41, 5.74) is 1.94. The van der Waals surface area contributed by atoms with Crippen LogP contribution in [0.1, 0.15) is 25.3 Å². The Balaban J connectivity index is 2.21. The van der Waals surface area contributed by atoms with Gasteiger partial charge in [0.05, 0.1) is 5.39 Å². The molecule has 0 amide bonds. The van der Waals surface area contributed by atoms with Crippen molar-refractivity contribution in [2.75, 3.05) is 0 Å². The minimum Gasteiger partial charge on any atom is -0.474 e. The Bertz CT molecular complexity index is 635. The van der Waals surface area contributed by atoms with Crippen molar-refractivity contribution >= 4 is 27.9 Å². The first kappa shape index (κ1) is 11.5. The molecule has 1 saturated carbocycles. The van der Waals surface area contributed by atoms with Crippen LogP contribution in [0.3, 0.4) is 0 Å². The van der Waals surface area contributed by atoms with Crippen LogP contribution < -0.4 is 4.74 Å². The molecule has 18 heavy (non-hydrogen) atoms. The van der Waals surface area contributed by atoms with E-state index in [1.807, 2.05) is 13.0 Å². The van der Waals surface area contributed by atoms with Gasteiger partial charge in [0.2, 0.25) is 5.88 Å². The van der Waals surface area contributed by atoms with Gasteiger partial charge >= 0.3 is 0 Å². The summed E-state index contributed by atoms with van der Waals surface area (Å²) in [7, 11) is 0. The Labute approximate surface area is 110 Å². The van der Waals surface area contributed by atoms with Crippen LogP contribution in [0.5, 0.6) is 5.88 Å². The van der Waals surface area contributed by atoms with Gasteiger partial charge in [0.25, 0.3) is 0 Å². The van der Waals surface area contributed by atoms with E-state index in [1.165, 1.54) is 0 Å². The van der Waals surface area contributed by atoms with Crippen LogP contribution in [0.2, 0.25) is 5.15 Å². The van der Waals surface area contributed by atoms with Crippen LogP contribution in [-0.4, -0.2) is 16.1 Å². The third-order valence-corrected chi connectivity index (χ3v) is 3.17. The van der Waals surface area contributed by atoms with Crippen molar-refractivity contribution in [3.8, 4) is 5.88 Å². The molecule has 2 heterocycles. The molecule has 92 valence electrons.